The third-order valence-electron chi connectivity index (χ3n) is 6.48. The molecule has 0 fully saturated rings. The average molecular weight is 452 g/mol. The molecular weight excluding hydrogens is 422 g/mol. The molecule has 172 valence electrons. The van der Waals surface area contributed by atoms with Crippen molar-refractivity contribution < 1.29 is 4.74 Å². The molecule has 1 aliphatic carbocycles. The SMILES string of the molecule is N/N=N\NCc1cccc(CC2CCc3ccc(OCc4ccc5ccccc5n4)cc3C2)c1. The number of nitrogens with zero attached hydrogens (tertiary/aromatic N) is 3. The summed E-state index contributed by atoms with van der Waals surface area (Å²) < 4.78 is 6.13. The zero-order valence-corrected chi connectivity index (χ0v) is 19.2. The Balaban J connectivity index is 1.22. The first-order valence-corrected chi connectivity index (χ1v) is 11.8. The van der Waals surface area contributed by atoms with Crippen LogP contribution in [0.25, 0.3) is 10.9 Å². The molecule has 0 saturated carbocycles. The van der Waals surface area contributed by atoms with Crippen molar-refractivity contribution in [3.63, 3.8) is 0 Å². The van der Waals surface area contributed by atoms with Crippen LogP contribution in [0.15, 0.2) is 89.3 Å². The summed E-state index contributed by atoms with van der Waals surface area (Å²) in [6, 6.07) is 27.5. The normalized spacial score (nSPS) is 15.4. The highest BCUT2D eigenvalue weighted by atomic mass is 16.5. The molecule has 1 aromatic heterocycles. The molecule has 1 unspecified atom stereocenters. The van der Waals surface area contributed by atoms with Gasteiger partial charge in [-0.25, -0.2) is 4.98 Å². The second kappa shape index (κ2) is 10.3. The zero-order chi connectivity index (χ0) is 23.2. The van der Waals surface area contributed by atoms with Crippen molar-refractivity contribution >= 4 is 10.9 Å². The molecular formula is C28H29N5O. The Kier molecular flexibility index (Phi) is 6.66. The number of nitrogens with two attached hydrogens (primary N) is 1. The molecule has 0 saturated heterocycles. The summed E-state index contributed by atoms with van der Waals surface area (Å²) in [4.78, 5) is 4.72. The van der Waals surface area contributed by atoms with E-state index >= 15 is 0 Å². The largest absolute Gasteiger partial charge is 0.487 e. The smallest absolute Gasteiger partial charge is 0.130 e. The minimum atomic E-state index is 0.470. The monoisotopic (exact) mass is 451 g/mol. The van der Waals surface area contributed by atoms with Crippen molar-refractivity contribution in [2.45, 2.75) is 38.8 Å². The number of ether oxygens (including phenoxy) is 1. The minimum Gasteiger partial charge on any atom is -0.487 e. The van der Waals surface area contributed by atoms with E-state index in [0.717, 1.165) is 41.6 Å². The number of hydrogen-bond acceptors (Lipinski definition) is 4. The lowest BCUT2D eigenvalue weighted by molar-refractivity contribution is 0.301. The van der Waals surface area contributed by atoms with Gasteiger partial charge in [0.15, 0.2) is 0 Å². The van der Waals surface area contributed by atoms with Crippen molar-refractivity contribution in [3.8, 4) is 5.75 Å². The molecule has 4 aromatic rings. The topological polar surface area (TPSA) is 84.9 Å². The lowest BCUT2D eigenvalue weighted by Crippen LogP contribution is -2.17. The standard InChI is InChI=1S/C28H29N5O/c29-32-33-30-18-22-5-3-4-20(15-22)14-21-8-9-23-11-13-27(17-25(23)16-21)34-19-26-12-10-24-6-1-2-7-28(24)31-26/h1-7,10-13,15,17,21H,8-9,14,16,18-19H2,(H2,29,33)(H,30,32). The molecule has 0 amide bonds. The third kappa shape index (κ3) is 5.34. The first-order valence-electron chi connectivity index (χ1n) is 11.8. The molecule has 1 atom stereocenters. The second-order valence-corrected chi connectivity index (χ2v) is 8.90. The average Bonchev–Trinajstić information content (AvgIpc) is 2.87. The van der Waals surface area contributed by atoms with E-state index < -0.39 is 0 Å². The summed E-state index contributed by atoms with van der Waals surface area (Å²) >= 11 is 0. The Morgan fingerprint density at radius 2 is 1.85 bits per heavy atom. The van der Waals surface area contributed by atoms with Gasteiger partial charge in [-0.1, -0.05) is 65.0 Å². The lowest BCUT2D eigenvalue weighted by atomic mass is 9.80. The number of aryl methyl sites for hydroxylation is 1. The van der Waals surface area contributed by atoms with Crippen molar-refractivity contribution in [2.24, 2.45) is 22.2 Å². The lowest BCUT2D eigenvalue weighted by Gasteiger charge is -2.25. The molecule has 0 bridgehead atoms. The molecule has 3 N–H and O–H groups in total. The van der Waals surface area contributed by atoms with Gasteiger partial charge in [0.2, 0.25) is 0 Å². The summed E-state index contributed by atoms with van der Waals surface area (Å²) in [5.74, 6) is 6.58. The van der Waals surface area contributed by atoms with Gasteiger partial charge in [-0.3, -0.25) is 5.43 Å². The van der Waals surface area contributed by atoms with Crippen LogP contribution in [0.5, 0.6) is 5.75 Å². The Labute approximate surface area is 199 Å². The van der Waals surface area contributed by atoms with Crippen LogP contribution in [-0.4, -0.2) is 4.98 Å². The highest BCUT2D eigenvalue weighted by Crippen LogP contribution is 2.31. The van der Waals surface area contributed by atoms with Gasteiger partial charge in [0.25, 0.3) is 0 Å². The van der Waals surface area contributed by atoms with Gasteiger partial charge in [-0.2, -0.15) is 0 Å². The predicted octanol–water partition coefficient (Wildman–Crippen LogP) is 5.49. The second-order valence-electron chi connectivity index (χ2n) is 8.90. The van der Waals surface area contributed by atoms with Gasteiger partial charge in [0.1, 0.15) is 12.4 Å². The number of benzene rings is 3. The summed E-state index contributed by atoms with van der Waals surface area (Å²) in [7, 11) is 0. The summed E-state index contributed by atoms with van der Waals surface area (Å²) in [5, 5.41) is 8.02. The molecule has 1 aliphatic rings. The molecule has 3 aromatic carbocycles. The highest BCUT2D eigenvalue weighted by molar-refractivity contribution is 5.78. The number of aromatic nitrogens is 1. The van der Waals surface area contributed by atoms with Gasteiger partial charge in [-0.15, -0.1) is 0 Å². The van der Waals surface area contributed by atoms with Crippen LogP contribution < -0.4 is 16.0 Å². The van der Waals surface area contributed by atoms with Crippen molar-refractivity contribution in [1.29, 1.82) is 0 Å². The van der Waals surface area contributed by atoms with E-state index in [2.05, 4.69) is 70.5 Å². The van der Waals surface area contributed by atoms with Gasteiger partial charge >= 0.3 is 0 Å². The van der Waals surface area contributed by atoms with E-state index in [1.54, 1.807) is 0 Å². The van der Waals surface area contributed by atoms with Gasteiger partial charge in [0, 0.05) is 5.39 Å². The molecule has 0 aliphatic heterocycles. The zero-order valence-electron chi connectivity index (χ0n) is 19.2. The maximum absolute atomic E-state index is 6.13. The summed E-state index contributed by atoms with van der Waals surface area (Å²) in [6.07, 6.45) is 4.46. The highest BCUT2D eigenvalue weighted by Gasteiger charge is 2.20. The van der Waals surface area contributed by atoms with E-state index in [-0.39, 0.29) is 0 Å². The van der Waals surface area contributed by atoms with E-state index in [4.69, 9.17) is 15.6 Å². The Hall–Kier alpha value is -3.93. The quantitative estimate of drug-likeness (QED) is 0.211. The maximum atomic E-state index is 6.13. The number of hydrogen-bond donors (Lipinski definition) is 2. The first-order chi connectivity index (χ1) is 16.8. The van der Waals surface area contributed by atoms with E-state index in [9.17, 15) is 0 Å². The predicted molar refractivity (Wildman–Crippen MR) is 134 cm³/mol. The van der Waals surface area contributed by atoms with Crippen LogP contribution in [0.4, 0.5) is 0 Å². The number of fused-ring (bicyclic) bond motifs is 2. The molecule has 34 heavy (non-hydrogen) atoms. The van der Waals surface area contributed by atoms with Crippen LogP contribution in [0.3, 0.4) is 0 Å². The van der Waals surface area contributed by atoms with Crippen molar-refractivity contribution in [1.82, 2.24) is 10.4 Å². The molecule has 6 heteroatoms. The fourth-order valence-corrected chi connectivity index (χ4v) is 4.79. The van der Waals surface area contributed by atoms with E-state index in [1.807, 2.05) is 24.3 Å². The van der Waals surface area contributed by atoms with Crippen LogP contribution in [-0.2, 0) is 32.4 Å². The number of para-hydroxylation sites is 1. The number of nitrogens with one attached hydrogen (secondary N) is 1. The summed E-state index contributed by atoms with van der Waals surface area (Å²) in [5.41, 5.74) is 10.2. The first kappa shape index (κ1) is 21.9. The van der Waals surface area contributed by atoms with Crippen LogP contribution >= 0.6 is 0 Å². The van der Waals surface area contributed by atoms with E-state index in [0.29, 0.717) is 19.1 Å². The molecule has 5 rings (SSSR count). The van der Waals surface area contributed by atoms with Crippen molar-refractivity contribution in [2.75, 3.05) is 0 Å². The Bertz CT molecular complexity index is 1300. The Morgan fingerprint density at radius 3 is 2.79 bits per heavy atom. The number of pyridine rings is 1. The number of rotatable bonds is 8. The fraction of sp³-hybridized carbons (Fsp3) is 0.250. The third-order valence-corrected chi connectivity index (χ3v) is 6.48. The molecule has 6 nitrogen and oxygen atoms in total. The van der Waals surface area contributed by atoms with E-state index in [1.165, 1.54) is 28.7 Å². The molecule has 1 heterocycles. The summed E-state index contributed by atoms with van der Waals surface area (Å²) in [6.45, 7) is 1.09. The molecule has 0 radical (unpaired) electrons. The molecule has 0 spiro atoms. The van der Waals surface area contributed by atoms with Gasteiger partial charge in [0.05, 0.1) is 17.8 Å². The van der Waals surface area contributed by atoms with Crippen LogP contribution in [0.2, 0.25) is 0 Å². The van der Waals surface area contributed by atoms with Gasteiger partial charge in [-0.05, 0) is 78.1 Å². The maximum Gasteiger partial charge on any atom is 0.130 e. The van der Waals surface area contributed by atoms with Crippen molar-refractivity contribution in [3.05, 3.63) is 107 Å². The van der Waals surface area contributed by atoms with Gasteiger partial charge < -0.3 is 10.6 Å². The van der Waals surface area contributed by atoms with Crippen LogP contribution in [0.1, 0.15) is 34.4 Å². The fourth-order valence-electron chi connectivity index (χ4n) is 4.79. The van der Waals surface area contributed by atoms with Crippen LogP contribution in [0, 0.1) is 5.92 Å². The Morgan fingerprint density at radius 1 is 0.941 bits per heavy atom. The minimum absolute atomic E-state index is 0.470.